The van der Waals surface area contributed by atoms with Crippen molar-refractivity contribution in [3.63, 3.8) is 0 Å². The Morgan fingerprint density at radius 3 is 2.67 bits per heavy atom. The Hall–Kier alpha value is -3.52. The number of ether oxygens (including phenoxy) is 1. The molecule has 1 saturated heterocycles. The van der Waals surface area contributed by atoms with Gasteiger partial charge >= 0.3 is 0 Å². The lowest BCUT2D eigenvalue weighted by Crippen LogP contribution is -2.49. The molecule has 0 radical (unpaired) electrons. The maximum atomic E-state index is 14.9. The third-order valence-corrected chi connectivity index (χ3v) is 7.74. The average molecular weight is 494 g/mol. The molecule has 192 valence electrons. The van der Waals surface area contributed by atoms with E-state index in [1.807, 2.05) is 11.0 Å². The number of anilines is 1. The molecule has 8 heteroatoms. The Morgan fingerprint density at radius 2 is 2.03 bits per heavy atom. The second kappa shape index (κ2) is 11.0. The number of halogens is 1. The van der Waals surface area contributed by atoms with Gasteiger partial charge in [0, 0.05) is 49.9 Å². The fourth-order valence-electron chi connectivity index (χ4n) is 5.51. The highest BCUT2D eigenvalue weighted by Gasteiger charge is 2.48. The largest absolute Gasteiger partial charge is 0.495 e. The van der Waals surface area contributed by atoms with Crippen LogP contribution in [0.2, 0.25) is 0 Å². The van der Waals surface area contributed by atoms with E-state index in [0.717, 1.165) is 25.5 Å². The molecule has 1 aromatic carbocycles. The maximum absolute atomic E-state index is 14.9. The van der Waals surface area contributed by atoms with Gasteiger partial charge in [0.2, 0.25) is 0 Å². The zero-order chi connectivity index (χ0) is 25.7. The van der Waals surface area contributed by atoms with Gasteiger partial charge in [-0.15, -0.1) is 0 Å². The van der Waals surface area contributed by atoms with Crippen LogP contribution in [0, 0.1) is 11.3 Å². The van der Waals surface area contributed by atoms with Gasteiger partial charge in [-0.3, -0.25) is 9.69 Å². The molecule has 36 heavy (non-hydrogen) atoms. The van der Waals surface area contributed by atoms with E-state index in [9.17, 15) is 9.18 Å². The molecule has 2 fully saturated rings. The fraction of sp³-hybridized carbons (Fsp3) is 0.393. The molecule has 0 aromatic heterocycles. The van der Waals surface area contributed by atoms with Crippen LogP contribution in [0.15, 0.2) is 78.0 Å². The number of nitrogen functional groups attached to an aromatic ring is 1. The van der Waals surface area contributed by atoms with Crippen LogP contribution in [-0.4, -0.2) is 55.5 Å². The molecule has 1 aromatic rings. The van der Waals surface area contributed by atoms with E-state index in [1.165, 1.54) is 18.9 Å². The maximum Gasteiger partial charge on any atom is 0.254 e. The molecule has 2 unspecified atom stereocenters. The van der Waals surface area contributed by atoms with Crippen molar-refractivity contribution >= 4 is 11.6 Å². The van der Waals surface area contributed by atoms with Crippen molar-refractivity contribution in [2.75, 3.05) is 45.6 Å². The molecule has 1 saturated carbocycles. The Morgan fingerprint density at radius 1 is 1.25 bits per heavy atom. The summed E-state index contributed by atoms with van der Waals surface area (Å²) in [5.41, 5.74) is 19.9. The Labute approximate surface area is 212 Å². The van der Waals surface area contributed by atoms with Crippen LogP contribution in [-0.2, 0) is 0 Å². The van der Waals surface area contributed by atoms with Crippen LogP contribution in [0.3, 0.4) is 0 Å². The summed E-state index contributed by atoms with van der Waals surface area (Å²) < 4.78 is 20.1. The first-order valence-electron chi connectivity index (χ1n) is 12.4. The van der Waals surface area contributed by atoms with Crippen LogP contribution in [0.4, 0.5) is 10.1 Å². The van der Waals surface area contributed by atoms with Gasteiger partial charge < -0.3 is 26.8 Å². The monoisotopic (exact) mass is 493 g/mol. The van der Waals surface area contributed by atoms with Crippen molar-refractivity contribution in [3.8, 4) is 5.75 Å². The second-order valence-corrected chi connectivity index (χ2v) is 9.65. The van der Waals surface area contributed by atoms with Crippen LogP contribution in [0.1, 0.15) is 29.6 Å². The number of hydrogen-bond acceptors (Lipinski definition) is 6. The van der Waals surface area contributed by atoms with E-state index in [0.29, 0.717) is 55.3 Å². The second-order valence-electron chi connectivity index (χ2n) is 9.65. The highest BCUT2D eigenvalue weighted by Crippen LogP contribution is 2.58. The van der Waals surface area contributed by atoms with Crippen molar-refractivity contribution in [1.29, 1.82) is 0 Å². The number of amides is 1. The smallest absolute Gasteiger partial charge is 0.254 e. The van der Waals surface area contributed by atoms with E-state index >= 15 is 0 Å². The highest BCUT2D eigenvalue weighted by atomic mass is 19.1. The molecule has 1 amide bonds. The molecular weight excluding hydrogens is 457 g/mol. The van der Waals surface area contributed by atoms with E-state index < -0.39 is 0 Å². The first kappa shape index (κ1) is 25.6. The minimum absolute atomic E-state index is 0.0187. The quantitative estimate of drug-likeness (QED) is 0.396. The number of hydrogen-bond donors (Lipinski definition) is 3. The van der Waals surface area contributed by atoms with Crippen molar-refractivity contribution in [1.82, 2.24) is 9.80 Å². The first-order chi connectivity index (χ1) is 17.4. The lowest BCUT2D eigenvalue weighted by molar-refractivity contribution is 0.0646. The van der Waals surface area contributed by atoms with Gasteiger partial charge in [0.25, 0.3) is 5.91 Å². The number of carbonyl (C=O) groups is 1. The number of rotatable bonds is 7. The fourth-order valence-corrected chi connectivity index (χ4v) is 5.51. The number of methoxy groups -OCH3 is 1. The van der Waals surface area contributed by atoms with Crippen molar-refractivity contribution < 1.29 is 13.9 Å². The Kier molecular flexibility index (Phi) is 7.84. The summed E-state index contributed by atoms with van der Waals surface area (Å²) >= 11 is 0. The minimum Gasteiger partial charge on any atom is -0.495 e. The zero-order valence-corrected chi connectivity index (χ0v) is 20.8. The summed E-state index contributed by atoms with van der Waals surface area (Å²) in [4.78, 5) is 17.0. The van der Waals surface area contributed by atoms with Crippen LogP contribution < -0.4 is 21.9 Å². The molecule has 7 nitrogen and oxygen atoms in total. The van der Waals surface area contributed by atoms with E-state index in [4.69, 9.17) is 21.9 Å². The summed E-state index contributed by atoms with van der Waals surface area (Å²) in [6, 6.07) is 5.07. The molecular formula is C28H36FN5O2. The number of nitrogens with two attached hydrogens (primary N) is 3. The third-order valence-electron chi connectivity index (χ3n) is 7.74. The standard InChI is InChI=1S/C28H36FN5O2/c1-36-26-17-20(6-7-25(26)32)27(35)34-14-12-33(13-15-34)19-21(24(29)18-31)16-23-8-10-28(23)9-2-4-22(28)5-3-11-30/h2-7,11,16-18,23H,8-10,12-15,19,30-32H2,1H3/b11-3-,21-16-,22-5-,24-18+. The average Bonchev–Trinajstić information content (AvgIpc) is 3.35. The zero-order valence-electron chi connectivity index (χ0n) is 20.8. The molecule has 3 aliphatic rings. The predicted molar refractivity (Wildman–Crippen MR) is 142 cm³/mol. The van der Waals surface area contributed by atoms with E-state index in [2.05, 4.69) is 29.2 Å². The molecule has 0 bridgehead atoms. The first-order valence-corrected chi connectivity index (χ1v) is 12.4. The summed E-state index contributed by atoms with van der Waals surface area (Å²) in [6.07, 6.45) is 16.0. The summed E-state index contributed by atoms with van der Waals surface area (Å²) in [7, 11) is 1.53. The van der Waals surface area contributed by atoms with Gasteiger partial charge in [-0.05, 0) is 66.8 Å². The van der Waals surface area contributed by atoms with Crippen molar-refractivity contribution in [2.45, 2.75) is 19.3 Å². The van der Waals surface area contributed by atoms with E-state index in [-0.39, 0.29) is 23.1 Å². The van der Waals surface area contributed by atoms with Crippen LogP contribution in [0.25, 0.3) is 0 Å². The summed E-state index contributed by atoms with van der Waals surface area (Å²) in [5, 5.41) is 0. The lowest BCUT2D eigenvalue weighted by Gasteiger charge is -2.48. The number of carbonyl (C=O) groups excluding carboxylic acids is 1. The summed E-state index contributed by atoms with van der Waals surface area (Å²) in [5.74, 6) is 0.284. The predicted octanol–water partition coefficient (Wildman–Crippen LogP) is 3.49. The van der Waals surface area contributed by atoms with Crippen LogP contribution >= 0.6 is 0 Å². The molecule has 6 N–H and O–H groups in total. The lowest BCUT2D eigenvalue weighted by atomic mass is 9.56. The summed E-state index contributed by atoms with van der Waals surface area (Å²) in [6.45, 7) is 2.87. The van der Waals surface area contributed by atoms with Gasteiger partial charge in [-0.2, -0.15) is 0 Å². The van der Waals surface area contributed by atoms with Gasteiger partial charge in [-0.25, -0.2) is 4.39 Å². The highest BCUT2D eigenvalue weighted by molar-refractivity contribution is 5.95. The van der Waals surface area contributed by atoms with Gasteiger partial charge in [0.15, 0.2) is 0 Å². The number of nitrogens with zero attached hydrogens (tertiary/aromatic N) is 2. The van der Waals surface area contributed by atoms with Crippen LogP contribution in [0.5, 0.6) is 5.75 Å². The number of allylic oxidation sites excluding steroid dienone is 6. The SMILES string of the molecule is COc1cc(C(=O)N2CCN(CC(=C/C3CCC34CC=C/C4=C/C=C\N)/C(F)=C\N)CC2)ccc1N. The van der Waals surface area contributed by atoms with Crippen molar-refractivity contribution in [3.05, 3.63) is 83.5 Å². The number of benzene rings is 1. The molecule has 2 aliphatic carbocycles. The van der Waals surface area contributed by atoms with Gasteiger partial charge in [0.05, 0.1) is 12.8 Å². The van der Waals surface area contributed by atoms with Gasteiger partial charge in [-0.1, -0.05) is 24.3 Å². The molecule has 2 atom stereocenters. The van der Waals surface area contributed by atoms with E-state index in [1.54, 1.807) is 18.2 Å². The molecule has 1 spiro atoms. The van der Waals surface area contributed by atoms with Gasteiger partial charge in [0.1, 0.15) is 11.6 Å². The topological polar surface area (TPSA) is 111 Å². The number of piperazine rings is 1. The molecule has 4 rings (SSSR count). The Balaban J connectivity index is 1.42. The Bertz CT molecular complexity index is 1130. The third kappa shape index (κ3) is 5.04. The molecule has 1 aliphatic heterocycles. The minimum atomic E-state index is -0.386. The molecule has 1 heterocycles. The normalized spacial score (nSPS) is 26.2. The van der Waals surface area contributed by atoms with Crippen molar-refractivity contribution in [2.24, 2.45) is 22.8 Å².